The molecule has 0 atom stereocenters. The summed E-state index contributed by atoms with van der Waals surface area (Å²) < 4.78 is 0. The highest BCUT2D eigenvalue weighted by Gasteiger charge is 2.24. The molecule has 6 aromatic carbocycles. The molecule has 0 unspecified atom stereocenters. The first-order chi connectivity index (χ1) is 17.6. The lowest BCUT2D eigenvalue weighted by atomic mass is 9.84. The van der Waals surface area contributed by atoms with Crippen LogP contribution in [0.5, 0.6) is 0 Å². The Morgan fingerprint density at radius 2 is 0.806 bits per heavy atom. The van der Waals surface area contributed by atoms with E-state index in [2.05, 4.69) is 0 Å². The monoisotopic (exact) mass is 502 g/mol. The second-order valence-corrected chi connectivity index (χ2v) is 9.52. The molecule has 0 aromatic heterocycles. The summed E-state index contributed by atoms with van der Waals surface area (Å²) in [5.74, 6) is -0.0616. The van der Waals surface area contributed by atoms with Crippen molar-refractivity contribution in [3.63, 3.8) is 0 Å². The Bertz CT molecular complexity index is 1650. The summed E-state index contributed by atoms with van der Waals surface area (Å²) in [6.45, 7) is 0. The SMILES string of the molecule is O=C(c1c(-c2ccccc2Cl)ccc2ccccc12)c1c(-c2ccccc2Cl)ccc2ccccc12. The summed E-state index contributed by atoms with van der Waals surface area (Å²) in [5, 5.41) is 4.97. The average Bonchev–Trinajstić information content (AvgIpc) is 2.92. The van der Waals surface area contributed by atoms with Crippen molar-refractivity contribution in [2.45, 2.75) is 0 Å². The van der Waals surface area contributed by atoms with Crippen molar-refractivity contribution in [3.8, 4) is 22.3 Å². The quantitative estimate of drug-likeness (QED) is 0.219. The van der Waals surface area contributed by atoms with E-state index in [0.717, 1.165) is 43.8 Å². The first kappa shape index (κ1) is 22.5. The summed E-state index contributed by atoms with van der Waals surface area (Å²) in [6.07, 6.45) is 0. The molecular weight excluding hydrogens is 483 g/mol. The van der Waals surface area contributed by atoms with Crippen molar-refractivity contribution in [3.05, 3.63) is 142 Å². The predicted octanol–water partition coefficient (Wildman–Crippen LogP) is 9.86. The van der Waals surface area contributed by atoms with Gasteiger partial charge in [-0.05, 0) is 44.8 Å². The van der Waals surface area contributed by atoms with Gasteiger partial charge in [-0.3, -0.25) is 4.79 Å². The van der Waals surface area contributed by atoms with Gasteiger partial charge >= 0.3 is 0 Å². The van der Waals surface area contributed by atoms with Crippen LogP contribution in [0, 0.1) is 0 Å². The van der Waals surface area contributed by atoms with E-state index in [-0.39, 0.29) is 5.78 Å². The Hall–Kier alpha value is -3.91. The minimum Gasteiger partial charge on any atom is -0.289 e. The second kappa shape index (κ2) is 9.28. The van der Waals surface area contributed by atoms with Gasteiger partial charge in [-0.1, -0.05) is 132 Å². The molecule has 6 aromatic rings. The van der Waals surface area contributed by atoms with Crippen LogP contribution in [-0.4, -0.2) is 5.78 Å². The highest BCUT2D eigenvalue weighted by molar-refractivity contribution is 6.35. The van der Waals surface area contributed by atoms with Crippen LogP contribution in [0.25, 0.3) is 43.8 Å². The third kappa shape index (κ3) is 3.78. The van der Waals surface area contributed by atoms with Crippen LogP contribution in [0.2, 0.25) is 10.0 Å². The summed E-state index contributed by atoms with van der Waals surface area (Å²) in [5.41, 5.74) is 4.53. The fraction of sp³-hybridized carbons (Fsp3) is 0. The molecule has 0 amide bonds. The van der Waals surface area contributed by atoms with Crippen molar-refractivity contribution >= 4 is 50.5 Å². The van der Waals surface area contributed by atoms with Crippen LogP contribution < -0.4 is 0 Å². The summed E-state index contributed by atoms with van der Waals surface area (Å²) in [4.78, 5) is 14.8. The van der Waals surface area contributed by atoms with Gasteiger partial charge < -0.3 is 0 Å². The van der Waals surface area contributed by atoms with Crippen LogP contribution in [0.3, 0.4) is 0 Å². The van der Waals surface area contributed by atoms with Gasteiger partial charge in [-0.2, -0.15) is 0 Å². The number of ketones is 1. The van der Waals surface area contributed by atoms with Gasteiger partial charge in [-0.15, -0.1) is 0 Å². The van der Waals surface area contributed by atoms with Crippen LogP contribution in [0.15, 0.2) is 121 Å². The van der Waals surface area contributed by atoms with Crippen LogP contribution in [0.1, 0.15) is 15.9 Å². The van der Waals surface area contributed by atoms with Crippen molar-refractivity contribution in [1.82, 2.24) is 0 Å². The average molecular weight is 503 g/mol. The lowest BCUT2D eigenvalue weighted by Crippen LogP contribution is -2.08. The van der Waals surface area contributed by atoms with Gasteiger partial charge in [0.25, 0.3) is 0 Å². The topological polar surface area (TPSA) is 17.1 Å². The number of fused-ring (bicyclic) bond motifs is 2. The van der Waals surface area contributed by atoms with E-state index in [0.29, 0.717) is 21.2 Å². The van der Waals surface area contributed by atoms with Gasteiger partial charge in [0.05, 0.1) is 0 Å². The number of benzene rings is 6. The third-order valence-electron chi connectivity index (χ3n) is 6.64. The van der Waals surface area contributed by atoms with E-state index < -0.39 is 0 Å². The molecule has 6 rings (SSSR count). The fourth-order valence-electron chi connectivity index (χ4n) is 4.97. The Labute approximate surface area is 219 Å². The zero-order valence-corrected chi connectivity index (χ0v) is 20.7. The van der Waals surface area contributed by atoms with Crippen LogP contribution in [-0.2, 0) is 0 Å². The molecule has 3 heteroatoms. The normalized spacial score (nSPS) is 11.2. The minimum atomic E-state index is -0.0616. The molecular formula is C33H20Cl2O. The van der Waals surface area contributed by atoms with Gasteiger partial charge in [0.1, 0.15) is 0 Å². The Kier molecular flexibility index (Phi) is 5.81. The summed E-state index contributed by atoms with van der Waals surface area (Å²) >= 11 is 13.3. The molecule has 1 nitrogen and oxygen atoms in total. The van der Waals surface area contributed by atoms with Crippen molar-refractivity contribution in [2.75, 3.05) is 0 Å². The molecule has 0 saturated carbocycles. The van der Waals surface area contributed by atoms with Crippen LogP contribution >= 0.6 is 23.2 Å². The van der Waals surface area contributed by atoms with E-state index >= 15 is 0 Å². The van der Waals surface area contributed by atoms with E-state index in [1.54, 1.807) is 0 Å². The molecule has 172 valence electrons. The second-order valence-electron chi connectivity index (χ2n) is 8.71. The number of carbonyl (C=O) groups is 1. The third-order valence-corrected chi connectivity index (χ3v) is 7.30. The van der Waals surface area contributed by atoms with Gasteiger partial charge in [0.2, 0.25) is 0 Å². The van der Waals surface area contributed by atoms with E-state index in [1.165, 1.54) is 0 Å². The Balaban J connectivity index is 1.73. The zero-order chi connectivity index (χ0) is 24.6. The molecule has 0 aliphatic carbocycles. The molecule has 0 fully saturated rings. The Morgan fingerprint density at radius 1 is 0.417 bits per heavy atom. The number of rotatable bonds is 4. The largest absolute Gasteiger partial charge is 0.289 e. The number of hydrogen-bond acceptors (Lipinski definition) is 1. The standard InChI is InChI=1S/C33H20Cl2O/c34-29-15-7-5-13-25(29)27-19-17-21-9-1-3-11-23(21)31(27)33(36)32-24-12-4-2-10-22(24)18-20-28(32)26-14-6-8-16-30(26)35/h1-20H. The van der Waals surface area contributed by atoms with Crippen molar-refractivity contribution in [2.24, 2.45) is 0 Å². The number of carbonyl (C=O) groups excluding carboxylic acids is 1. The predicted molar refractivity (Wildman–Crippen MR) is 152 cm³/mol. The highest BCUT2D eigenvalue weighted by atomic mass is 35.5. The Morgan fingerprint density at radius 3 is 1.25 bits per heavy atom. The smallest absolute Gasteiger partial charge is 0.195 e. The van der Waals surface area contributed by atoms with Crippen molar-refractivity contribution < 1.29 is 4.79 Å². The van der Waals surface area contributed by atoms with E-state index in [1.807, 2.05) is 121 Å². The molecule has 0 bridgehead atoms. The summed E-state index contributed by atoms with van der Waals surface area (Å²) in [7, 11) is 0. The maximum absolute atomic E-state index is 14.8. The number of hydrogen-bond donors (Lipinski definition) is 0. The van der Waals surface area contributed by atoms with Crippen LogP contribution in [0.4, 0.5) is 0 Å². The fourth-order valence-corrected chi connectivity index (χ4v) is 5.44. The molecule has 0 saturated heterocycles. The number of halogens is 2. The molecule has 0 heterocycles. The van der Waals surface area contributed by atoms with E-state index in [9.17, 15) is 4.79 Å². The maximum Gasteiger partial charge on any atom is 0.195 e. The lowest BCUT2D eigenvalue weighted by Gasteiger charge is -2.18. The first-order valence-electron chi connectivity index (χ1n) is 11.7. The van der Waals surface area contributed by atoms with Gasteiger partial charge in [-0.25, -0.2) is 0 Å². The van der Waals surface area contributed by atoms with Crippen molar-refractivity contribution in [1.29, 1.82) is 0 Å². The lowest BCUT2D eigenvalue weighted by molar-refractivity contribution is 0.104. The molecule has 0 aliphatic rings. The molecule has 0 spiro atoms. The van der Waals surface area contributed by atoms with Gasteiger partial charge in [0.15, 0.2) is 5.78 Å². The molecule has 0 N–H and O–H groups in total. The highest BCUT2D eigenvalue weighted by Crippen LogP contribution is 2.40. The molecule has 36 heavy (non-hydrogen) atoms. The first-order valence-corrected chi connectivity index (χ1v) is 12.5. The van der Waals surface area contributed by atoms with Gasteiger partial charge in [0, 0.05) is 32.3 Å². The maximum atomic E-state index is 14.8. The van der Waals surface area contributed by atoms with E-state index in [4.69, 9.17) is 23.2 Å². The zero-order valence-electron chi connectivity index (χ0n) is 19.2. The minimum absolute atomic E-state index is 0.0616. The summed E-state index contributed by atoms with van der Waals surface area (Å²) in [6, 6.07) is 39.4. The molecule has 0 aliphatic heterocycles. The molecule has 0 radical (unpaired) electrons.